The fraction of sp³-hybridized carbons (Fsp3) is 0.500. The summed E-state index contributed by atoms with van der Waals surface area (Å²) >= 11 is 0. The zero-order chi connectivity index (χ0) is 12.4. The number of hydrogen-bond acceptors (Lipinski definition) is 1. The maximum absolute atomic E-state index is 3.70. The second-order valence-corrected chi connectivity index (χ2v) is 5.57. The molecule has 2 aromatic rings. The number of nitrogens with one attached hydrogen (secondary N) is 2. The fourth-order valence-electron chi connectivity index (χ4n) is 3.17. The monoisotopic (exact) mass is 242 g/mol. The van der Waals surface area contributed by atoms with Gasteiger partial charge in [-0.05, 0) is 37.3 Å². The average Bonchev–Trinajstić information content (AvgIpc) is 3.06. The van der Waals surface area contributed by atoms with Crippen LogP contribution in [-0.4, -0.2) is 11.0 Å². The van der Waals surface area contributed by atoms with Crippen molar-refractivity contribution in [1.29, 1.82) is 0 Å². The molecule has 1 aromatic heterocycles. The highest BCUT2D eigenvalue weighted by Crippen LogP contribution is 2.28. The predicted molar refractivity (Wildman–Crippen MR) is 76.6 cm³/mol. The van der Waals surface area contributed by atoms with Crippen LogP contribution in [0.4, 0.5) is 0 Å². The van der Waals surface area contributed by atoms with E-state index in [2.05, 4.69) is 47.7 Å². The van der Waals surface area contributed by atoms with E-state index >= 15 is 0 Å². The number of aromatic nitrogens is 1. The van der Waals surface area contributed by atoms with Crippen LogP contribution in [0.2, 0.25) is 0 Å². The van der Waals surface area contributed by atoms with Crippen molar-refractivity contribution in [2.24, 2.45) is 5.92 Å². The van der Waals surface area contributed by atoms with Crippen LogP contribution in [0.1, 0.15) is 38.2 Å². The smallest absolute Gasteiger partial charge is 0.0457 e. The van der Waals surface area contributed by atoms with E-state index in [1.54, 1.807) is 0 Å². The zero-order valence-electron chi connectivity index (χ0n) is 11.1. The summed E-state index contributed by atoms with van der Waals surface area (Å²) < 4.78 is 0. The van der Waals surface area contributed by atoms with Crippen molar-refractivity contribution in [2.45, 2.75) is 45.2 Å². The molecule has 2 heteroatoms. The molecule has 0 saturated heterocycles. The van der Waals surface area contributed by atoms with E-state index in [0.29, 0.717) is 6.04 Å². The number of para-hydroxylation sites is 1. The first-order chi connectivity index (χ1) is 8.84. The Hall–Kier alpha value is -1.28. The summed E-state index contributed by atoms with van der Waals surface area (Å²) in [4.78, 5) is 3.34. The molecule has 1 saturated carbocycles. The highest BCUT2D eigenvalue weighted by molar-refractivity contribution is 5.82. The summed E-state index contributed by atoms with van der Waals surface area (Å²) in [6, 6.07) is 9.17. The number of hydrogen-bond donors (Lipinski definition) is 2. The van der Waals surface area contributed by atoms with Crippen LogP contribution in [0, 0.1) is 5.92 Å². The first-order valence-corrected chi connectivity index (χ1v) is 7.13. The highest BCUT2D eigenvalue weighted by Gasteiger charge is 2.21. The molecule has 18 heavy (non-hydrogen) atoms. The van der Waals surface area contributed by atoms with Gasteiger partial charge < -0.3 is 10.3 Å². The average molecular weight is 242 g/mol. The highest BCUT2D eigenvalue weighted by atomic mass is 14.9. The van der Waals surface area contributed by atoms with Crippen LogP contribution in [-0.2, 0) is 6.54 Å². The van der Waals surface area contributed by atoms with Crippen molar-refractivity contribution in [2.75, 3.05) is 0 Å². The van der Waals surface area contributed by atoms with Crippen molar-refractivity contribution in [1.82, 2.24) is 10.3 Å². The molecule has 96 valence electrons. The Morgan fingerprint density at radius 1 is 1.28 bits per heavy atom. The van der Waals surface area contributed by atoms with Gasteiger partial charge >= 0.3 is 0 Å². The van der Waals surface area contributed by atoms with Crippen LogP contribution in [0.25, 0.3) is 10.9 Å². The molecule has 0 radical (unpaired) electrons. The van der Waals surface area contributed by atoms with E-state index < -0.39 is 0 Å². The van der Waals surface area contributed by atoms with Crippen LogP contribution in [0.5, 0.6) is 0 Å². The molecule has 1 fully saturated rings. The Labute approximate surface area is 109 Å². The van der Waals surface area contributed by atoms with E-state index in [-0.39, 0.29) is 0 Å². The van der Waals surface area contributed by atoms with Gasteiger partial charge in [-0.15, -0.1) is 0 Å². The second kappa shape index (κ2) is 5.15. The molecule has 1 atom stereocenters. The summed E-state index contributed by atoms with van der Waals surface area (Å²) in [6.07, 6.45) is 7.79. The molecule has 1 heterocycles. The summed E-state index contributed by atoms with van der Waals surface area (Å²) in [6.45, 7) is 3.31. The van der Waals surface area contributed by atoms with Gasteiger partial charge in [-0.1, -0.05) is 31.0 Å². The van der Waals surface area contributed by atoms with Crippen molar-refractivity contribution in [3.05, 3.63) is 36.0 Å². The minimum absolute atomic E-state index is 0.640. The van der Waals surface area contributed by atoms with Crippen LogP contribution < -0.4 is 5.32 Å². The number of aromatic amines is 1. The predicted octanol–water partition coefficient (Wildman–Crippen LogP) is 3.84. The minimum atomic E-state index is 0.640. The SMILES string of the molecule is C[C@H](NCc1c[nH]c2ccccc12)C1CCCC1. The quantitative estimate of drug-likeness (QED) is 0.837. The van der Waals surface area contributed by atoms with Gasteiger partial charge in [0, 0.05) is 29.7 Å². The molecule has 1 aliphatic carbocycles. The van der Waals surface area contributed by atoms with Gasteiger partial charge in [0.05, 0.1) is 0 Å². The van der Waals surface area contributed by atoms with E-state index in [0.717, 1.165) is 12.5 Å². The molecule has 1 aromatic carbocycles. The van der Waals surface area contributed by atoms with Crippen LogP contribution in [0.3, 0.4) is 0 Å². The molecular weight excluding hydrogens is 220 g/mol. The number of rotatable bonds is 4. The van der Waals surface area contributed by atoms with Crippen molar-refractivity contribution < 1.29 is 0 Å². The molecular formula is C16H22N2. The normalized spacial score (nSPS) is 18.5. The van der Waals surface area contributed by atoms with Crippen LogP contribution >= 0.6 is 0 Å². The summed E-state index contributed by atoms with van der Waals surface area (Å²) in [5, 5.41) is 5.05. The first kappa shape index (κ1) is 11.8. The Balaban J connectivity index is 1.65. The third-order valence-electron chi connectivity index (χ3n) is 4.40. The Bertz CT molecular complexity index is 509. The Morgan fingerprint density at radius 3 is 2.89 bits per heavy atom. The molecule has 3 rings (SSSR count). The maximum atomic E-state index is 3.70. The van der Waals surface area contributed by atoms with E-state index in [1.165, 1.54) is 42.1 Å². The number of benzene rings is 1. The molecule has 0 spiro atoms. The van der Waals surface area contributed by atoms with Gasteiger partial charge in [-0.3, -0.25) is 0 Å². The Kier molecular flexibility index (Phi) is 3.37. The summed E-state index contributed by atoms with van der Waals surface area (Å²) in [7, 11) is 0. The third kappa shape index (κ3) is 2.30. The van der Waals surface area contributed by atoms with Crippen molar-refractivity contribution in [3.8, 4) is 0 Å². The van der Waals surface area contributed by atoms with Gasteiger partial charge in [0.25, 0.3) is 0 Å². The second-order valence-electron chi connectivity index (χ2n) is 5.57. The molecule has 0 bridgehead atoms. The standard InChI is InChI=1S/C16H22N2/c1-12(13-6-2-3-7-13)17-10-14-11-18-16-9-5-4-8-15(14)16/h4-5,8-9,11-13,17-18H,2-3,6-7,10H2,1H3/t12-/m0/s1. The fourth-order valence-corrected chi connectivity index (χ4v) is 3.17. The van der Waals surface area contributed by atoms with Gasteiger partial charge in [-0.25, -0.2) is 0 Å². The molecule has 1 aliphatic rings. The lowest BCUT2D eigenvalue weighted by atomic mass is 9.99. The lowest BCUT2D eigenvalue weighted by molar-refractivity contribution is 0.381. The van der Waals surface area contributed by atoms with E-state index in [4.69, 9.17) is 0 Å². The lowest BCUT2D eigenvalue weighted by Crippen LogP contribution is -2.31. The van der Waals surface area contributed by atoms with Gasteiger partial charge in [0.2, 0.25) is 0 Å². The molecule has 0 unspecified atom stereocenters. The van der Waals surface area contributed by atoms with Crippen molar-refractivity contribution >= 4 is 10.9 Å². The van der Waals surface area contributed by atoms with Gasteiger partial charge in [-0.2, -0.15) is 0 Å². The molecule has 2 N–H and O–H groups in total. The van der Waals surface area contributed by atoms with Crippen LogP contribution in [0.15, 0.2) is 30.5 Å². The molecule has 0 amide bonds. The first-order valence-electron chi connectivity index (χ1n) is 7.13. The van der Waals surface area contributed by atoms with Gasteiger partial charge in [0.1, 0.15) is 0 Å². The topological polar surface area (TPSA) is 27.8 Å². The number of fused-ring (bicyclic) bond motifs is 1. The van der Waals surface area contributed by atoms with Crippen molar-refractivity contribution in [3.63, 3.8) is 0 Å². The Morgan fingerprint density at radius 2 is 2.06 bits per heavy atom. The van der Waals surface area contributed by atoms with E-state index in [9.17, 15) is 0 Å². The lowest BCUT2D eigenvalue weighted by Gasteiger charge is -2.20. The van der Waals surface area contributed by atoms with Gasteiger partial charge in [0.15, 0.2) is 0 Å². The molecule has 0 aliphatic heterocycles. The maximum Gasteiger partial charge on any atom is 0.0457 e. The summed E-state index contributed by atoms with van der Waals surface area (Å²) in [5.41, 5.74) is 2.62. The third-order valence-corrected chi connectivity index (χ3v) is 4.40. The number of H-pyrrole nitrogens is 1. The summed E-state index contributed by atoms with van der Waals surface area (Å²) in [5.74, 6) is 0.884. The zero-order valence-corrected chi connectivity index (χ0v) is 11.1. The van der Waals surface area contributed by atoms with E-state index in [1.807, 2.05) is 0 Å². The largest absolute Gasteiger partial charge is 0.361 e. The molecule has 2 nitrogen and oxygen atoms in total. The minimum Gasteiger partial charge on any atom is -0.361 e.